The van der Waals surface area contributed by atoms with Crippen LogP contribution in [-0.4, -0.2) is 48.0 Å². The van der Waals surface area contributed by atoms with Crippen molar-refractivity contribution in [3.05, 3.63) is 11.3 Å². The van der Waals surface area contributed by atoms with E-state index in [1.54, 1.807) is 11.8 Å². The zero-order chi connectivity index (χ0) is 11.7. The van der Waals surface area contributed by atoms with Crippen molar-refractivity contribution in [2.45, 2.75) is 19.5 Å². The molecule has 17 heavy (non-hydrogen) atoms. The molecule has 0 spiro atoms. The largest absolute Gasteiger partial charge is 0.481 e. The molecule has 0 bridgehead atoms. The highest BCUT2D eigenvalue weighted by Crippen LogP contribution is 2.23. The Balaban J connectivity index is 0.00000144. The zero-order valence-corrected chi connectivity index (χ0v) is 11.7. The molecule has 2 heterocycles. The summed E-state index contributed by atoms with van der Waals surface area (Å²) in [7, 11) is 5.77. The van der Waals surface area contributed by atoms with Crippen LogP contribution >= 0.6 is 12.4 Å². The second-order valence-corrected chi connectivity index (χ2v) is 4.42. The van der Waals surface area contributed by atoms with Gasteiger partial charge < -0.3 is 10.1 Å². The molecule has 0 saturated carbocycles. The molecule has 1 saturated heterocycles. The van der Waals surface area contributed by atoms with Crippen LogP contribution in [0.5, 0.6) is 5.88 Å². The van der Waals surface area contributed by atoms with Crippen molar-refractivity contribution in [2.75, 3.05) is 27.2 Å². The Morgan fingerprint density at radius 1 is 1.53 bits per heavy atom. The van der Waals surface area contributed by atoms with Gasteiger partial charge in [0.1, 0.15) is 0 Å². The molecule has 0 amide bonds. The number of nitrogens with zero attached hydrogens (tertiary/aromatic N) is 3. The van der Waals surface area contributed by atoms with E-state index in [0.29, 0.717) is 6.04 Å². The molecule has 2 rings (SSSR count). The van der Waals surface area contributed by atoms with Gasteiger partial charge in [-0.3, -0.25) is 4.90 Å². The predicted molar refractivity (Wildman–Crippen MR) is 69.9 cm³/mol. The molecule has 5 nitrogen and oxygen atoms in total. The monoisotopic (exact) mass is 260 g/mol. The maximum absolute atomic E-state index is 5.39. The molecule has 1 aliphatic rings. The number of rotatable bonds is 4. The number of methoxy groups -OCH3 is 1. The van der Waals surface area contributed by atoms with E-state index in [-0.39, 0.29) is 12.4 Å². The van der Waals surface area contributed by atoms with Crippen molar-refractivity contribution in [3.8, 4) is 5.88 Å². The first-order valence-electron chi connectivity index (χ1n) is 5.61. The summed E-state index contributed by atoms with van der Waals surface area (Å²) in [6, 6.07) is 0.643. The molecule has 1 aromatic rings. The lowest BCUT2D eigenvalue weighted by molar-refractivity contribution is 0.171. The average Bonchev–Trinajstić information content (AvgIpc) is 2.38. The van der Waals surface area contributed by atoms with Crippen LogP contribution < -0.4 is 10.1 Å². The molecular formula is C11H21ClN4O. The first-order valence-corrected chi connectivity index (χ1v) is 5.61. The van der Waals surface area contributed by atoms with E-state index < -0.39 is 0 Å². The fraction of sp³-hybridized carbons (Fsp3) is 0.727. The van der Waals surface area contributed by atoms with Gasteiger partial charge in [-0.1, -0.05) is 0 Å². The van der Waals surface area contributed by atoms with Gasteiger partial charge in [-0.05, 0) is 14.0 Å². The average molecular weight is 261 g/mol. The number of nitrogens with one attached hydrogen (secondary N) is 1. The van der Waals surface area contributed by atoms with Crippen LogP contribution in [0.2, 0.25) is 0 Å². The molecule has 1 aromatic heterocycles. The lowest BCUT2D eigenvalue weighted by atomic mass is 10.1. The Hall–Kier alpha value is -0.780. The van der Waals surface area contributed by atoms with Gasteiger partial charge in [0.05, 0.1) is 18.4 Å². The quantitative estimate of drug-likeness (QED) is 0.859. The van der Waals surface area contributed by atoms with Crippen molar-refractivity contribution < 1.29 is 4.74 Å². The molecule has 6 heteroatoms. The number of hydrogen-bond donors (Lipinski definition) is 1. The Bertz CT molecular complexity index is 376. The third-order valence-corrected chi connectivity index (χ3v) is 3.27. The summed E-state index contributed by atoms with van der Waals surface area (Å²) in [5, 5.41) is 7.67. The molecular weight excluding hydrogens is 240 g/mol. The summed E-state index contributed by atoms with van der Waals surface area (Å²) in [4.78, 5) is 2.35. The maximum Gasteiger partial charge on any atom is 0.216 e. The molecule has 0 atom stereocenters. The highest BCUT2D eigenvalue weighted by Gasteiger charge is 2.24. The second-order valence-electron chi connectivity index (χ2n) is 4.42. The molecule has 1 N–H and O–H groups in total. The molecule has 98 valence electrons. The molecule has 0 aliphatic carbocycles. The third kappa shape index (κ3) is 2.73. The summed E-state index contributed by atoms with van der Waals surface area (Å²) in [6.07, 6.45) is 0. The maximum atomic E-state index is 5.39. The third-order valence-electron chi connectivity index (χ3n) is 3.27. The van der Waals surface area contributed by atoms with Gasteiger partial charge in [0, 0.05) is 32.7 Å². The van der Waals surface area contributed by atoms with Gasteiger partial charge in [0.15, 0.2) is 0 Å². The van der Waals surface area contributed by atoms with Crippen molar-refractivity contribution in [1.82, 2.24) is 20.0 Å². The molecule has 0 unspecified atom stereocenters. The van der Waals surface area contributed by atoms with Gasteiger partial charge in [0.25, 0.3) is 0 Å². The minimum Gasteiger partial charge on any atom is -0.481 e. The number of ether oxygens (including phenoxy) is 1. The number of aryl methyl sites for hydroxylation is 2. The summed E-state index contributed by atoms with van der Waals surface area (Å²) < 4.78 is 7.19. The Morgan fingerprint density at radius 3 is 2.65 bits per heavy atom. The van der Waals surface area contributed by atoms with Crippen molar-refractivity contribution in [2.24, 2.45) is 7.05 Å². The van der Waals surface area contributed by atoms with Crippen LogP contribution in [0.15, 0.2) is 0 Å². The fourth-order valence-corrected chi connectivity index (χ4v) is 2.08. The Kier molecular flexibility index (Phi) is 4.80. The summed E-state index contributed by atoms with van der Waals surface area (Å²) in [5.41, 5.74) is 2.25. The number of halogens is 1. The van der Waals surface area contributed by atoms with Crippen LogP contribution in [0.4, 0.5) is 0 Å². The van der Waals surface area contributed by atoms with E-state index in [9.17, 15) is 0 Å². The Labute approximate surface area is 109 Å². The van der Waals surface area contributed by atoms with E-state index in [2.05, 4.69) is 22.4 Å². The van der Waals surface area contributed by atoms with Crippen LogP contribution in [-0.2, 0) is 13.6 Å². The van der Waals surface area contributed by atoms with Crippen molar-refractivity contribution in [3.63, 3.8) is 0 Å². The Morgan fingerprint density at radius 2 is 2.18 bits per heavy atom. The van der Waals surface area contributed by atoms with Gasteiger partial charge in [-0.15, -0.1) is 12.4 Å². The van der Waals surface area contributed by atoms with E-state index in [1.807, 2.05) is 14.0 Å². The van der Waals surface area contributed by atoms with Crippen LogP contribution in [0.25, 0.3) is 0 Å². The fourth-order valence-electron chi connectivity index (χ4n) is 2.08. The highest BCUT2D eigenvalue weighted by molar-refractivity contribution is 5.85. The topological polar surface area (TPSA) is 42.3 Å². The van der Waals surface area contributed by atoms with Crippen LogP contribution in [0.1, 0.15) is 11.3 Å². The van der Waals surface area contributed by atoms with Crippen molar-refractivity contribution >= 4 is 12.4 Å². The van der Waals surface area contributed by atoms with E-state index >= 15 is 0 Å². The van der Waals surface area contributed by atoms with Gasteiger partial charge >= 0.3 is 0 Å². The summed E-state index contributed by atoms with van der Waals surface area (Å²) in [6.45, 7) is 5.09. The van der Waals surface area contributed by atoms with E-state index in [0.717, 1.165) is 31.2 Å². The molecule has 0 radical (unpaired) electrons. The first kappa shape index (κ1) is 14.3. The van der Waals surface area contributed by atoms with Crippen LogP contribution in [0, 0.1) is 6.92 Å². The molecule has 1 aliphatic heterocycles. The van der Waals surface area contributed by atoms with Gasteiger partial charge in [0.2, 0.25) is 5.88 Å². The lowest BCUT2D eigenvalue weighted by Gasteiger charge is -2.35. The normalized spacial score (nSPS) is 15.6. The number of likely N-dealkylation sites (N-methyl/N-ethyl adjacent to an activating group) is 1. The minimum absolute atomic E-state index is 0. The highest BCUT2D eigenvalue weighted by atomic mass is 35.5. The van der Waals surface area contributed by atoms with Crippen LogP contribution in [0.3, 0.4) is 0 Å². The smallest absolute Gasteiger partial charge is 0.216 e. The van der Waals surface area contributed by atoms with Gasteiger partial charge in [-0.2, -0.15) is 5.10 Å². The zero-order valence-electron chi connectivity index (χ0n) is 10.9. The lowest BCUT2D eigenvalue weighted by Crippen LogP contribution is -2.55. The minimum atomic E-state index is 0. The predicted octanol–water partition coefficient (Wildman–Crippen LogP) is 0.563. The first-order chi connectivity index (χ1) is 7.63. The van der Waals surface area contributed by atoms with Gasteiger partial charge in [-0.25, -0.2) is 4.68 Å². The SMILES string of the molecule is COc1c(CN(C)C2CNC2)c(C)nn1C.Cl. The van der Waals surface area contributed by atoms with E-state index in [4.69, 9.17) is 4.74 Å². The number of aromatic nitrogens is 2. The van der Waals surface area contributed by atoms with Crippen molar-refractivity contribution in [1.29, 1.82) is 0 Å². The standard InChI is InChI=1S/C11H20N4O.ClH/c1-8-10(11(16-4)15(3)13-8)7-14(2)9-5-12-6-9;/h9,12H,5-7H2,1-4H3;1H. The molecule has 0 aromatic carbocycles. The number of hydrogen-bond acceptors (Lipinski definition) is 4. The summed E-state index contributed by atoms with van der Waals surface area (Å²) >= 11 is 0. The molecule has 1 fully saturated rings. The van der Waals surface area contributed by atoms with E-state index in [1.165, 1.54) is 5.56 Å². The summed E-state index contributed by atoms with van der Waals surface area (Å²) in [5.74, 6) is 0.872. The second kappa shape index (κ2) is 5.71.